The molecule has 4 rings (SSSR count). The van der Waals surface area contributed by atoms with E-state index in [2.05, 4.69) is 20.3 Å². The van der Waals surface area contributed by atoms with E-state index in [1.54, 1.807) is 14.2 Å². The summed E-state index contributed by atoms with van der Waals surface area (Å²) in [5.74, 6) is 1.77. The molecule has 0 radical (unpaired) electrons. The number of hydrogen-bond acceptors (Lipinski definition) is 10. The summed E-state index contributed by atoms with van der Waals surface area (Å²) in [7, 11) is 3.16. The van der Waals surface area contributed by atoms with Gasteiger partial charge in [0, 0.05) is 6.54 Å². The number of imidazole rings is 1. The quantitative estimate of drug-likeness (QED) is 0.417. The molecule has 3 aromatic rings. The highest BCUT2D eigenvalue weighted by molar-refractivity contribution is 5.82. The van der Waals surface area contributed by atoms with Gasteiger partial charge in [-0.1, -0.05) is 6.07 Å². The van der Waals surface area contributed by atoms with Crippen LogP contribution < -0.4 is 14.8 Å². The van der Waals surface area contributed by atoms with Crippen LogP contribution in [0.4, 0.5) is 5.82 Å². The summed E-state index contributed by atoms with van der Waals surface area (Å²) in [4.78, 5) is 12.8. The molecular formula is C19H23N5O6. The monoisotopic (exact) mass is 417 g/mol. The maximum Gasteiger partial charge on any atom is 0.167 e. The summed E-state index contributed by atoms with van der Waals surface area (Å²) in [5, 5.41) is 32.8. The number of benzene rings is 1. The third-order valence-corrected chi connectivity index (χ3v) is 5.06. The molecule has 1 aliphatic heterocycles. The third-order valence-electron chi connectivity index (χ3n) is 5.06. The van der Waals surface area contributed by atoms with Gasteiger partial charge in [-0.15, -0.1) is 0 Å². The Morgan fingerprint density at radius 2 is 1.90 bits per heavy atom. The van der Waals surface area contributed by atoms with Crippen molar-refractivity contribution in [3.05, 3.63) is 36.4 Å². The lowest BCUT2D eigenvalue weighted by Gasteiger charge is -2.16. The number of aliphatic hydroxyl groups excluding tert-OH is 3. The van der Waals surface area contributed by atoms with Crippen molar-refractivity contribution < 1.29 is 29.5 Å². The van der Waals surface area contributed by atoms with Crippen LogP contribution in [-0.4, -0.2) is 74.0 Å². The Bertz CT molecular complexity index is 1030. The summed E-state index contributed by atoms with van der Waals surface area (Å²) in [5.41, 5.74) is 1.85. The van der Waals surface area contributed by atoms with Crippen molar-refractivity contribution in [1.29, 1.82) is 0 Å². The smallest absolute Gasteiger partial charge is 0.167 e. The largest absolute Gasteiger partial charge is 0.493 e. The van der Waals surface area contributed by atoms with Gasteiger partial charge < -0.3 is 34.8 Å². The molecule has 3 heterocycles. The first-order valence-electron chi connectivity index (χ1n) is 9.32. The van der Waals surface area contributed by atoms with E-state index < -0.39 is 31.1 Å². The number of anilines is 1. The van der Waals surface area contributed by atoms with Crippen LogP contribution in [0, 0.1) is 0 Å². The molecule has 4 N–H and O–H groups in total. The molecule has 4 atom stereocenters. The number of hydrogen-bond donors (Lipinski definition) is 4. The Morgan fingerprint density at radius 1 is 1.10 bits per heavy atom. The zero-order valence-corrected chi connectivity index (χ0v) is 16.5. The first-order valence-corrected chi connectivity index (χ1v) is 9.32. The molecule has 0 bridgehead atoms. The molecule has 11 heteroatoms. The first-order chi connectivity index (χ1) is 14.6. The highest BCUT2D eigenvalue weighted by Gasteiger charge is 2.44. The Balaban J connectivity index is 1.57. The van der Waals surface area contributed by atoms with Gasteiger partial charge in [0.2, 0.25) is 0 Å². The molecule has 0 saturated carbocycles. The molecule has 2 aromatic heterocycles. The van der Waals surface area contributed by atoms with Crippen molar-refractivity contribution in [3.63, 3.8) is 0 Å². The van der Waals surface area contributed by atoms with Crippen molar-refractivity contribution in [2.45, 2.75) is 31.1 Å². The fraction of sp³-hybridized carbons (Fsp3) is 0.421. The molecule has 1 fully saturated rings. The van der Waals surface area contributed by atoms with Gasteiger partial charge in [0.25, 0.3) is 0 Å². The predicted octanol–water partition coefficient (Wildman–Crippen LogP) is 0.0671. The Labute approximate surface area is 171 Å². The molecule has 1 aromatic carbocycles. The number of nitrogens with one attached hydrogen (secondary N) is 1. The highest BCUT2D eigenvalue weighted by atomic mass is 16.6. The molecule has 11 nitrogen and oxygen atoms in total. The van der Waals surface area contributed by atoms with Gasteiger partial charge in [0.1, 0.15) is 24.6 Å². The molecule has 30 heavy (non-hydrogen) atoms. The van der Waals surface area contributed by atoms with Crippen molar-refractivity contribution in [1.82, 2.24) is 19.5 Å². The van der Waals surface area contributed by atoms with Crippen LogP contribution in [-0.2, 0) is 11.3 Å². The highest BCUT2D eigenvalue weighted by Crippen LogP contribution is 2.32. The summed E-state index contributed by atoms with van der Waals surface area (Å²) >= 11 is 0. The van der Waals surface area contributed by atoms with Crippen LogP contribution in [0.2, 0.25) is 0 Å². The van der Waals surface area contributed by atoms with Crippen molar-refractivity contribution in [2.75, 3.05) is 26.1 Å². The maximum atomic E-state index is 10.3. The van der Waals surface area contributed by atoms with Gasteiger partial charge in [0.05, 0.1) is 27.2 Å². The average Bonchev–Trinajstić information content (AvgIpc) is 3.33. The normalized spacial score (nSPS) is 23.6. The zero-order valence-electron chi connectivity index (χ0n) is 16.5. The lowest BCUT2D eigenvalue weighted by Crippen LogP contribution is -2.33. The second-order valence-electron chi connectivity index (χ2n) is 6.82. The lowest BCUT2D eigenvalue weighted by molar-refractivity contribution is -0.0511. The van der Waals surface area contributed by atoms with Gasteiger partial charge >= 0.3 is 0 Å². The minimum absolute atomic E-state index is 0.408. The fourth-order valence-electron chi connectivity index (χ4n) is 3.45. The molecule has 0 spiro atoms. The van der Waals surface area contributed by atoms with E-state index >= 15 is 0 Å². The minimum Gasteiger partial charge on any atom is -0.493 e. The van der Waals surface area contributed by atoms with Crippen molar-refractivity contribution in [3.8, 4) is 11.5 Å². The van der Waals surface area contributed by atoms with Gasteiger partial charge in [-0.2, -0.15) is 0 Å². The summed E-state index contributed by atoms with van der Waals surface area (Å²) < 4.78 is 17.7. The average molecular weight is 417 g/mol. The zero-order chi connectivity index (χ0) is 21.3. The molecule has 0 unspecified atom stereocenters. The molecule has 0 amide bonds. The van der Waals surface area contributed by atoms with Gasteiger partial charge in [-0.3, -0.25) is 4.57 Å². The van der Waals surface area contributed by atoms with Crippen molar-refractivity contribution >= 4 is 17.0 Å². The first kappa shape index (κ1) is 20.3. The molecule has 1 saturated heterocycles. The van der Waals surface area contributed by atoms with E-state index in [1.165, 1.54) is 17.2 Å². The van der Waals surface area contributed by atoms with Crippen LogP contribution in [0.5, 0.6) is 11.5 Å². The topological polar surface area (TPSA) is 144 Å². The second kappa shape index (κ2) is 8.40. The number of fused-ring (bicyclic) bond motifs is 1. The Hall–Kier alpha value is -2.99. The van der Waals surface area contributed by atoms with E-state index in [4.69, 9.17) is 14.2 Å². The van der Waals surface area contributed by atoms with Gasteiger partial charge in [-0.05, 0) is 17.7 Å². The Morgan fingerprint density at radius 3 is 2.60 bits per heavy atom. The number of methoxy groups -OCH3 is 2. The number of rotatable bonds is 7. The van der Waals surface area contributed by atoms with Crippen LogP contribution in [0.25, 0.3) is 11.2 Å². The molecule has 1 aliphatic rings. The minimum atomic E-state index is -1.22. The third kappa shape index (κ3) is 3.52. The van der Waals surface area contributed by atoms with Gasteiger partial charge in [-0.25, -0.2) is 15.0 Å². The molecule has 0 aliphatic carbocycles. The maximum absolute atomic E-state index is 10.3. The molecule has 160 valence electrons. The van der Waals surface area contributed by atoms with E-state index in [0.29, 0.717) is 35.0 Å². The Kier molecular flexibility index (Phi) is 5.68. The number of ether oxygens (including phenoxy) is 3. The fourth-order valence-corrected chi connectivity index (χ4v) is 3.45. The summed E-state index contributed by atoms with van der Waals surface area (Å²) in [6, 6.07) is 5.59. The number of aliphatic hydroxyl groups is 3. The van der Waals surface area contributed by atoms with E-state index in [9.17, 15) is 15.3 Å². The number of aromatic nitrogens is 4. The van der Waals surface area contributed by atoms with Crippen LogP contribution in [0.15, 0.2) is 30.9 Å². The van der Waals surface area contributed by atoms with E-state index in [1.807, 2.05) is 18.2 Å². The van der Waals surface area contributed by atoms with E-state index in [0.717, 1.165) is 5.56 Å². The van der Waals surface area contributed by atoms with Crippen LogP contribution >= 0.6 is 0 Å². The lowest BCUT2D eigenvalue weighted by atomic mass is 10.1. The molecular weight excluding hydrogens is 394 g/mol. The number of nitrogens with zero attached hydrogens (tertiary/aromatic N) is 4. The SMILES string of the molecule is COc1ccc(CNc2ncnc3c2ncn3[C@@H]2O[C@H](CO)[C@@H](O)[C@@H]2O)cc1OC. The van der Waals surface area contributed by atoms with Crippen LogP contribution in [0.3, 0.4) is 0 Å². The predicted molar refractivity (Wildman–Crippen MR) is 105 cm³/mol. The summed E-state index contributed by atoms with van der Waals surface area (Å²) in [6.45, 7) is 0.0433. The van der Waals surface area contributed by atoms with E-state index in [-0.39, 0.29) is 0 Å². The van der Waals surface area contributed by atoms with Crippen LogP contribution in [0.1, 0.15) is 11.8 Å². The van der Waals surface area contributed by atoms with Gasteiger partial charge in [0.15, 0.2) is 34.7 Å². The second-order valence-corrected chi connectivity index (χ2v) is 6.82. The standard InChI is InChI=1S/C19H23N5O6/c1-28-11-4-3-10(5-12(11)29-2)6-20-17-14-18(22-8-21-17)24(9-23-14)19-16(27)15(26)13(7-25)30-19/h3-5,8-9,13,15-16,19,25-27H,6-7H2,1-2H3,(H,20,21,22)/t13-,15-,16+,19-/m1/s1. The van der Waals surface area contributed by atoms with Crippen molar-refractivity contribution in [2.24, 2.45) is 0 Å². The summed E-state index contributed by atoms with van der Waals surface area (Å²) in [6.07, 6.45) is -1.40.